The number of nitrogen functional groups attached to an aromatic ring is 1. The second-order valence-electron chi connectivity index (χ2n) is 12.5. The van der Waals surface area contributed by atoms with Gasteiger partial charge >= 0.3 is 88.7 Å². The Labute approximate surface area is 414 Å². The monoisotopic (exact) mass is 883 g/mol. The van der Waals surface area contributed by atoms with Gasteiger partial charge < -0.3 is 24.7 Å². The summed E-state index contributed by atoms with van der Waals surface area (Å²) in [5.41, 5.74) is 13.5. The van der Waals surface area contributed by atoms with Crippen LogP contribution in [0.1, 0.15) is 15.9 Å². The number of Topliss-reactive ketones (excluding diaryl/α,β-unsaturated/α-hetero) is 1. The topological polar surface area (TPSA) is 288 Å². The minimum Gasteiger partial charge on any atom is -0.744 e. The van der Waals surface area contributed by atoms with Crippen molar-refractivity contribution in [2.75, 3.05) is 16.6 Å². The Balaban J connectivity index is 0.00000273. The quantitative estimate of drug-likeness (QED) is 0.0227. The Morgan fingerprint density at radius 2 is 1.34 bits per heavy atom. The van der Waals surface area contributed by atoms with Crippen LogP contribution >= 0.6 is 0 Å². The number of fused-ring (bicyclic) bond motifs is 2. The molecule has 0 spiro atoms. The van der Waals surface area contributed by atoms with Crippen LogP contribution in [0.3, 0.4) is 0 Å². The molecule has 0 heterocycles. The van der Waals surface area contributed by atoms with E-state index in [0.29, 0.717) is 11.4 Å². The Hall–Kier alpha value is -4.45. The molecule has 0 unspecified atom stereocenters. The molecule has 61 heavy (non-hydrogen) atoms. The normalized spacial score (nSPS) is 15.0. The van der Waals surface area contributed by atoms with Crippen LogP contribution in [0.15, 0.2) is 151 Å². The fourth-order valence-electron chi connectivity index (χ4n) is 5.86. The van der Waals surface area contributed by atoms with Gasteiger partial charge in [0.05, 0.1) is 44.2 Å². The van der Waals surface area contributed by atoms with Crippen LogP contribution < -0.4 is 110 Å². The van der Waals surface area contributed by atoms with Gasteiger partial charge in [0, 0.05) is 27.6 Å². The molecule has 0 aromatic heterocycles. The zero-order valence-corrected chi connectivity index (χ0v) is 39.9. The van der Waals surface area contributed by atoms with Crippen LogP contribution in [0.25, 0.3) is 28.0 Å². The number of carbonyl (C=O) groups excluding carboxylic acids is 3. The number of hydrogen-bond donors (Lipinski definition) is 3. The number of carboxylic acids is 1. The minimum absolute atomic E-state index is 0. The number of anilines is 3. The SMILES string of the molecule is Nc1ccc2c(c1)C(=O)/C(=N/Nc1ccc(N=Nc3ccc(-c4ccc(N/N=C5\C=CC(=O)C(C(=O)[O-])=C5)cc4)cc3)c3cc(S(=O)(=O)[O-])ccc13)C(S(=O)(=O)[O-])=C2.[Na+].[Na+].[Na+]. The molecular formula is C39H24N7Na3O10S2. The van der Waals surface area contributed by atoms with Crippen molar-refractivity contribution >= 4 is 94.5 Å². The Morgan fingerprint density at radius 1 is 0.672 bits per heavy atom. The largest absolute Gasteiger partial charge is 1.00 e. The molecule has 0 fully saturated rings. The maximum atomic E-state index is 13.3. The standard InChI is InChI=1S/C39H27N7O10S2.3Na/c40-24-6-1-23-17-36(58(54,55)56)37(38(48)30(23)18-24)46-45-33-14-15-34(31-20-28(57(51,52)53)12-13-29(31)33)44-42-26-9-4-22(5-10-26)21-2-7-25(8-3-21)41-43-27-11-16-35(47)32(19-27)39(49)50;;;/h1-20,41,45H,40H2,(H,49,50)(H,51,52,53)(H,54,55,56);;;/q;3*+1/p-3/b43-27+,44-42?,46-37+;;;. The van der Waals surface area contributed by atoms with E-state index in [1.807, 2.05) is 12.1 Å². The van der Waals surface area contributed by atoms with Gasteiger partial charge in [0.15, 0.2) is 5.78 Å². The molecule has 4 N–H and O–H groups in total. The van der Waals surface area contributed by atoms with Crippen molar-refractivity contribution in [2.24, 2.45) is 20.4 Å². The average molecular weight is 884 g/mol. The Bertz CT molecular complexity index is 3030. The maximum absolute atomic E-state index is 13.3. The first-order chi connectivity index (χ1) is 27.5. The number of azo groups is 1. The second kappa shape index (κ2) is 20.2. The summed E-state index contributed by atoms with van der Waals surface area (Å²) in [7, 11) is -10.1. The second-order valence-corrected chi connectivity index (χ2v) is 15.2. The smallest absolute Gasteiger partial charge is 0.744 e. The van der Waals surface area contributed by atoms with Gasteiger partial charge in [-0.25, -0.2) is 16.8 Å². The molecule has 2 aliphatic carbocycles. The molecule has 0 aliphatic heterocycles. The van der Waals surface area contributed by atoms with E-state index in [4.69, 9.17) is 5.73 Å². The van der Waals surface area contributed by atoms with Crippen molar-refractivity contribution in [1.82, 2.24) is 0 Å². The molecule has 2 aliphatic rings. The molecule has 7 rings (SSSR count). The van der Waals surface area contributed by atoms with Crippen LogP contribution in [0.2, 0.25) is 0 Å². The molecule has 0 amide bonds. The van der Waals surface area contributed by atoms with Crippen molar-refractivity contribution in [2.45, 2.75) is 4.90 Å². The fourth-order valence-corrected chi connectivity index (χ4v) is 7.00. The zero-order valence-electron chi connectivity index (χ0n) is 32.3. The van der Waals surface area contributed by atoms with Gasteiger partial charge in [0.25, 0.3) is 0 Å². The van der Waals surface area contributed by atoms with E-state index >= 15 is 0 Å². The summed E-state index contributed by atoms with van der Waals surface area (Å²) in [6.07, 6.45) is 4.59. The van der Waals surface area contributed by atoms with Crippen LogP contribution in [-0.2, 0) is 29.8 Å². The number of carbonyl (C=O) groups is 3. The first kappa shape index (κ1) is 49.2. The molecule has 0 atom stereocenters. The summed E-state index contributed by atoms with van der Waals surface area (Å²) < 4.78 is 72.3. The number of ketones is 2. The van der Waals surface area contributed by atoms with Gasteiger partial charge in [-0.15, -0.1) is 5.11 Å². The summed E-state index contributed by atoms with van der Waals surface area (Å²) in [5.74, 6) is -3.16. The number of carboxylic acid groups (broad SMARTS) is 1. The molecular weight excluding hydrogens is 860 g/mol. The van der Waals surface area contributed by atoms with E-state index in [2.05, 4.69) is 31.3 Å². The molecule has 22 heteroatoms. The fraction of sp³-hybridized carbons (Fsp3) is 0. The van der Waals surface area contributed by atoms with E-state index in [0.717, 1.165) is 41.5 Å². The van der Waals surface area contributed by atoms with Crippen molar-refractivity contribution in [3.8, 4) is 11.1 Å². The van der Waals surface area contributed by atoms with Gasteiger partial charge in [0.1, 0.15) is 25.9 Å². The molecule has 0 saturated carbocycles. The zero-order chi connectivity index (χ0) is 41.4. The van der Waals surface area contributed by atoms with Gasteiger partial charge in [-0.2, -0.15) is 15.3 Å². The van der Waals surface area contributed by atoms with E-state index < -0.39 is 58.9 Å². The van der Waals surface area contributed by atoms with Gasteiger partial charge in [-0.1, -0.05) is 36.4 Å². The minimum atomic E-state index is -5.18. The number of hydrogen-bond acceptors (Lipinski definition) is 17. The van der Waals surface area contributed by atoms with Gasteiger partial charge in [0.2, 0.25) is 5.78 Å². The summed E-state index contributed by atoms with van der Waals surface area (Å²) in [6, 6.07) is 24.5. The number of hydrazone groups is 2. The predicted octanol–water partition coefficient (Wildman–Crippen LogP) is -4.45. The molecule has 290 valence electrons. The van der Waals surface area contributed by atoms with Crippen LogP contribution in [0.5, 0.6) is 0 Å². The van der Waals surface area contributed by atoms with E-state index in [-0.39, 0.29) is 133 Å². The third-order valence-corrected chi connectivity index (χ3v) is 10.4. The van der Waals surface area contributed by atoms with E-state index in [9.17, 15) is 45.4 Å². The average Bonchev–Trinajstić information content (AvgIpc) is 3.19. The van der Waals surface area contributed by atoms with Crippen molar-refractivity contribution < 1.29 is 134 Å². The Kier molecular flexibility index (Phi) is 16.3. The number of benzene rings is 5. The van der Waals surface area contributed by atoms with E-state index in [1.165, 1.54) is 42.5 Å². The van der Waals surface area contributed by atoms with Crippen LogP contribution in [0, 0.1) is 0 Å². The van der Waals surface area contributed by atoms with Crippen molar-refractivity contribution in [3.05, 3.63) is 137 Å². The van der Waals surface area contributed by atoms with Crippen molar-refractivity contribution in [1.29, 1.82) is 0 Å². The summed E-state index contributed by atoms with van der Waals surface area (Å²) in [6.45, 7) is 0. The summed E-state index contributed by atoms with van der Waals surface area (Å²) in [5, 5.41) is 28.1. The first-order valence-electron chi connectivity index (χ1n) is 16.6. The first-order valence-corrected chi connectivity index (χ1v) is 19.5. The van der Waals surface area contributed by atoms with Crippen LogP contribution in [-0.4, -0.2) is 54.9 Å². The molecule has 17 nitrogen and oxygen atoms in total. The third-order valence-electron chi connectivity index (χ3n) is 8.72. The van der Waals surface area contributed by atoms with Crippen LogP contribution in [0.4, 0.5) is 28.4 Å². The van der Waals surface area contributed by atoms with Gasteiger partial charge in [-0.05, 0) is 102 Å². The molecule has 0 saturated heterocycles. The van der Waals surface area contributed by atoms with E-state index in [1.54, 1.807) is 36.4 Å². The van der Waals surface area contributed by atoms with Crippen molar-refractivity contribution in [3.63, 3.8) is 0 Å². The number of nitrogens with two attached hydrogens (primary N) is 1. The molecule has 0 bridgehead atoms. The predicted molar refractivity (Wildman–Crippen MR) is 210 cm³/mol. The number of allylic oxidation sites excluding steroid dienone is 4. The number of nitrogens with zero attached hydrogens (tertiary/aromatic N) is 4. The molecule has 0 radical (unpaired) electrons. The molecule has 5 aromatic carbocycles. The molecule has 5 aromatic rings. The van der Waals surface area contributed by atoms with Gasteiger partial charge in [-0.3, -0.25) is 20.4 Å². The summed E-state index contributed by atoms with van der Waals surface area (Å²) in [4.78, 5) is 34.7. The number of aliphatic carboxylic acids is 1. The number of rotatable bonds is 10. The third kappa shape index (κ3) is 11.3. The summed E-state index contributed by atoms with van der Waals surface area (Å²) >= 11 is 0. The number of nitrogens with one attached hydrogen (secondary N) is 2. The Morgan fingerprint density at radius 3 is 1.98 bits per heavy atom. The maximum Gasteiger partial charge on any atom is 1.00 e.